The number of pyridine rings is 1. The molecule has 1 heterocycles. The SMILES string of the molecule is Cc1cc(C)nc(Sc2cc(F)cc(CO)c2)c1. The smallest absolute Gasteiger partial charge is 0.124 e. The van der Waals surface area contributed by atoms with Crippen LogP contribution in [0.3, 0.4) is 0 Å². The van der Waals surface area contributed by atoms with Gasteiger partial charge in [-0.15, -0.1) is 0 Å². The normalized spacial score (nSPS) is 10.7. The van der Waals surface area contributed by atoms with Crippen LogP contribution < -0.4 is 0 Å². The maximum atomic E-state index is 13.3. The third-order valence-corrected chi connectivity index (χ3v) is 3.30. The predicted molar refractivity (Wildman–Crippen MR) is 70.2 cm³/mol. The summed E-state index contributed by atoms with van der Waals surface area (Å²) in [7, 11) is 0. The van der Waals surface area contributed by atoms with Gasteiger partial charge in [-0.25, -0.2) is 9.37 Å². The Kier molecular flexibility index (Phi) is 3.99. The predicted octanol–water partition coefficient (Wildman–Crippen LogP) is 3.48. The second kappa shape index (κ2) is 5.50. The molecule has 94 valence electrons. The first-order chi connectivity index (χ1) is 8.56. The van der Waals surface area contributed by atoms with E-state index >= 15 is 0 Å². The zero-order chi connectivity index (χ0) is 13.1. The Hall–Kier alpha value is -1.39. The summed E-state index contributed by atoms with van der Waals surface area (Å²) in [6, 6.07) is 8.51. The van der Waals surface area contributed by atoms with Crippen LogP contribution >= 0.6 is 11.8 Å². The molecule has 2 aromatic rings. The van der Waals surface area contributed by atoms with Crippen LogP contribution in [0.25, 0.3) is 0 Å². The lowest BCUT2D eigenvalue weighted by Gasteiger charge is -2.05. The van der Waals surface area contributed by atoms with Gasteiger partial charge in [0.25, 0.3) is 0 Å². The fourth-order valence-electron chi connectivity index (χ4n) is 1.75. The number of benzene rings is 1. The number of hydrogen-bond acceptors (Lipinski definition) is 3. The van der Waals surface area contributed by atoms with E-state index < -0.39 is 0 Å². The lowest BCUT2D eigenvalue weighted by molar-refractivity contribution is 0.281. The third-order valence-electron chi connectivity index (χ3n) is 2.41. The first-order valence-electron chi connectivity index (χ1n) is 5.60. The molecule has 0 aliphatic carbocycles. The average Bonchev–Trinajstić information content (AvgIpc) is 2.26. The second-order valence-electron chi connectivity index (χ2n) is 4.18. The van der Waals surface area contributed by atoms with Gasteiger partial charge in [-0.3, -0.25) is 0 Å². The van der Waals surface area contributed by atoms with Crippen molar-refractivity contribution < 1.29 is 9.50 Å². The van der Waals surface area contributed by atoms with E-state index in [0.29, 0.717) is 5.56 Å². The van der Waals surface area contributed by atoms with Crippen LogP contribution in [0.4, 0.5) is 4.39 Å². The van der Waals surface area contributed by atoms with Crippen LogP contribution in [0.1, 0.15) is 16.8 Å². The Morgan fingerprint density at radius 2 is 1.94 bits per heavy atom. The van der Waals surface area contributed by atoms with Crippen molar-refractivity contribution >= 4 is 11.8 Å². The maximum absolute atomic E-state index is 13.3. The number of halogens is 1. The molecule has 0 aliphatic heterocycles. The van der Waals surface area contributed by atoms with Crippen molar-refractivity contribution in [1.82, 2.24) is 4.98 Å². The van der Waals surface area contributed by atoms with Crippen LogP contribution in [0.5, 0.6) is 0 Å². The Bertz CT molecular complexity index is 551. The average molecular weight is 263 g/mol. The molecule has 0 fully saturated rings. The van der Waals surface area contributed by atoms with Crippen molar-refractivity contribution in [2.75, 3.05) is 0 Å². The zero-order valence-electron chi connectivity index (χ0n) is 10.3. The van der Waals surface area contributed by atoms with E-state index in [4.69, 9.17) is 5.11 Å². The summed E-state index contributed by atoms with van der Waals surface area (Å²) in [5.74, 6) is -0.339. The van der Waals surface area contributed by atoms with Gasteiger partial charge in [-0.05, 0) is 55.3 Å². The van der Waals surface area contributed by atoms with Gasteiger partial charge < -0.3 is 5.11 Å². The maximum Gasteiger partial charge on any atom is 0.124 e. The van der Waals surface area contributed by atoms with Crippen molar-refractivity contribution in [3.05, 3.63) is 53.0 Å². The molecule has 0 unspecified atom stereocenters. The minimum atomic E-state index is -0.339. The minimum absolute atomic E-state index is 0.161. The highest BCUT2D eigenvalue weighted by Gasteiger charge is 2.04. The van der Waals surface area contributed by atoms with Gasteiger partial charge in [0.2, 0.25) is 0 Å². The molecule has 0 bridgehead atoms. The first-order valence-corrected chi connectivity index (χ1v) is 6.42. The molecule has 2 rings (SSSR count). The van der Waals surface area contributed by atoms with E-state index in [1.807, 2.05) is 26.0 Å². The van der Waals surface area contributed by atoms with Crippen molar-refractivity contribution in [3.63, 3.8) is 0 Å². The Morgan fingerprint density at radius 1 is 1.17 bits per heavy atom. The molecule has 0 amide bonds. The highest BCUT2D eigenvalue weighted by molar-refractivity contribution is 7.99. The van der Waals surface area contributed by atoms with Gasteiger partial charge in [0.1, 0.15) is 10.8 Å². The van der Waals surface area contributed by atoms with E-state index in [1.54, 1.807) is 6.07 Å². The Balaban J connectivity index is 2.30. The van der Waals surface area contributed by atoms with Gasteiger partial charge in [-0.1, -0.05) is 11.8 Å². The van der Waals surface area contributed by atoms with Crippen LogP contribution in [-0.2, 0) is 6.61 Å². The van der Waals surface area contributed by atoms with Gasteiger partial charge in [0, 0.05) is 10.6 Å². The molecule has 0 aliphatic rings. The molecule has 0 radical (unpaired) electrons. The highest BCUT2D eigenvalue weighted by Crippen LogP contribution is 2.28. The zero-order valence-corrected chi connectivity index (χ0v) is 11.1. The quantitative estimate of drug-likeness (QED) is 0.920. The lowest BCUT2D eigenvalue weighted by atomic mass is 10.2. The van der Waals surface area contributed by atoms with E-state index in [1.165, 1.54) is 23.9 Å². The molecule has 0 saturated carbocycles. The van der Waals surface area contributed by atoms with Crippen molar-refractivity contribution in [2.45, 2.75) is 30.4 Å². The molecule has 0 spiro atoms. The molecule has 18 heavy (non-hydrogen) atoms. The van der Waals surface area contributed by atoms with Gasteiger partial charge in [0.05, 0.1) is 6.61 Å². The molecular weight excluding hydrogens is 249 g/mol. The first kappa shape index (κ1) is 13.1. The lowest BCUT2D eigenvalue weighted by Crippen LogP contribution is -1.89. The summed E-state index contributed by atoms with van der Waals surface area (Å²) in [6.07, 6.45) is 0. The fourth-order valence-corrected chi connectivity index (χ4v) is 2.81. The van der Waals surface area contributed by atoms with Crippen LogP contribution in [0, 0.1) is 19.7 Å². The highest BCUT2D eigenvalue weighted by atomic mass is 32.2. The van der Waals surface area contributed by atoms with Gasteiger partial charge >= 0.3 is 0 Å². The van der Waals surface area contributed by atoms with E-state index in [9.17, 15) is 4.39 Å². The standard InChI is InChI=1S/C14H14FNOS/c1-9-3-10(2)16-14(4-9)18-13-6-11(8-17)5-12(15)7-13/h3-7,17H,8H2,1-2H3. The largest absolute Gasteiger partial charge is 0.392 e. The summed E-state index contributed by atoms with van der Waals surface area (Å²) in [5, 5.41) is 9.88. The van der Waals surface area contributed by atoms with Gasteiger partial charge in [-0.2, -0.15) is 0 Å². The number of aliphatic hydroxyl groups is 1. The summed E-state index contributed by atoms with van der Waals surface area (Å²) >= 11 is 1.40. The monoisotopic (exact) mass is 263 g/mol. The summed E-state index contributed by atoms with van der Waals surface area (Å²) in [5.41, 5.74) is 2.64. The molecular formula is C14H14FNOS. The molecule has 0 atom stereocenters. The number of rotatable bonds is 3. The van der Waals surface area contributed by atoms with E-state index in [-0.39, 0.29) is 12.4 Å². The topological polar surface area (TPSA) is 33.1 Å². The third kappa shape index (κ3) is 3.31. The number of hydrogen-bond donors (Lipinski definition) is 1. The molecule has 1 N–H and O–H groups in total. The van der Waals surface area contributed by atoms with E-state index in [2.05, 4.69) is 4.98 Å². The molecule has 4 heteroatoms. The second-order valence-corrected chi connectivity index (χ2v) is 5.27. The number of nitrogens with zero attached hydrogens (tertiary/aromatic N) is 1. The summed E-state index contributed by atoms with van der Waals surface area (Å²) < 4.78 is 13.3. The van der Waals surface area contributed by atoms with Crippen molar-refractivity contribution in [1.29, 1.82) is 0 Å². The number of aryl methyl sites for hydroxylation is 2. The van der Waals surface area contributed by atoms with Gasteiger partial charge in [0.15, 0.2) is 0 Å². The van der Waals surface area contributed by atoms with E-state index in [0.717, 1.165) is 21.2 Å². The number of aliphatic hydroxyl groups excluding tert-OH is 1. The Labute approximate surface area is 110 Å². The van der Waals surface area contributed by atoms with Crippen molar-refractivity contribution in [3.8, 4) is 0 Å². The molecule has 2 nitrogen and oxygen atoms in total. The molecule has 1 aromatic carbocycles. The Morgan fingerprint density at radius 3 is 2.61 bits per heavy atom. The van der Waals surface area contributed by atoms with Crippen LogP contribution in [-0.4, -0.2) is 10.1 Å². The van der Waals surface area contributed by atoms with Crippen LogP contribution in [0.2, 0.25) is 0 Å². The summed E-state index contributed by atoms with van der Waals surface area (Å²) in [4.78, 5) is 5.14. The van der Waals surface area contributed by atoms with Crippen molar-refractivity contribution in [2.24, 2.45) is 0 Å². The fraction of sp³-hybridized carbons (Fsp3) is 0.214. The summed E-state index contributed by atoms with van der Waals surface area (Å²) in [6.45, 7) is 3.77. The number of aromatic nitrogens is 1. The molecule has 1 aromatic heterocycles. The molecule has 0 saturated heterocycles. The minimum Gasteiger partial charge on any atom is -0.392 e. The van der Waals surface area contributed by atoms with Crippen LogP contribution in [0.15, 0.2) is 40.3 Å².